The number of nitrogens with zero attached hydrogens (tertiary/aromatic N) is 3. The number of nitrogens with two attached hydrogens (primary N) is 1. The molecule has 0 bridgehead atoms. The molecule has 2 rings (SSSR count). The molecule has 0 saturated heterocycles. The number of ether oxygens (including phenoxy) is 1. The molecule has 1 heterocycles. The van der Waals surface area contributed by atoms with Gasteiger partial charge in [0, 0.05) is 31.4 Å². The smallest absolute Gasteiger partial charge is 0.270 e. The van der Waals surface area contributed by atoms with Crippen molar-refractivity contribution in [2.45, 2.75) is 6.10 Å². The Kier molecular flexibility index (Phi) is 3.83. The van der Waals surface area contributed by atoms with E-state index in [0.29, 0.717) is 5.56 Å². The molecular weight excluding hydrogens is 252 g/mol. The molecule has 1 aromatic heterocycles. The predicted octanol–water partition coefficient (Wildman–Crippen LogP) is 1.29. The van der Waals surface area contributed by atoms with E-state index in [9.17, 15) is 10.1 Å². The van der Waals surface area contributed by atoms with Crippen molar-refractivity contribution in [3.05, 3.63) is 40.3 Å². The van der Waals surface area contributed by atoms with Crippen LogP contribution in [0.15, 0.2) is 28.8 Å². The molecule has 1 aromatic carbocycles. The summed E-state index contributed by atoms with van der Waals surface area (Å²) in [5.74, 6) is 0.501. The van der Waals surface area contributed by atoms with E-state index in [1.807, 2.05) is 0 Å². The second-order valence-corrected chi connectivity index (χ2v) is 3.72. The van der Waals surface area contributed by atoms with Gasteiger partial charge in [0.25, 0.3) is 11.6 Å². The number of nitro benzene ring substituents is 1. The third-order valence-electron chi connectivity index (χ3n) is 2.53. The molecule has 8 heteroatoms. The van der Waals surface area contributed by atoms with Crippen LogP contribution in [0.2, 0.25) is 0 Å². The summed E-state index contributed by atoms with van der Waals surface area (Å²) in [6.07, 6.45) is -0.486. The first-order valence-corrected chi connectivity index (χ1v) is 5.47. The lowest BCUT2D eigenvalue weighted by atomic mass is 10.2. The van der Waals surface area contributed by atoms with Crippen LogP contribution in [-0.2, 0) is 4.74 Å². The lowest BCUT2D eigenvalue weighted by Crippen LogP contribution is -2.14. The van der Waals surface area contributed by atoms with Crippen molar-refractivity contribution in [1.29, 1.82) is 0 Å². The number of hydrogen-bond donors (Lipinski definition) is 1. The highest BCUT2D eigenvalue weighted by molar-refractivity contribution is 5.58. The molecule has 0 fully saturated rings. The molecule has 0 aliphatic heterocycles. The minimum atomic E-state index is -0.486. The van der Waals surface area contributed by atoms with Crippen LogP contribution >= 0.6 is 0 Å². The first-order chi connectivity index (χ1) is 9.15. The van der Waals surface area contributed by atoms with Gasteiger partial charge in [-0.15, -0.1) is 0 Å². The summed E-state index contributed by atoms with van der Waals surface area (Å²) in [5, 5.41) is 14.5. The molecule has 19 heavy (non-hydrogen) atoms. The van der Waals surface area contributed by atoms with Gasteiger partial charge in [0.05, 0.1) is 4.92 Å². The molecule has 0 aliphatic rings. The van der Waals surface area contributed by atoms with Crippen LogP contribution in [0.5, 0.6) is 0 Å². The first-order valence-electron chi connectivity index (χ1n) is 5.47. The third kappa shape index (κ3) is 2.75. The summed E-state index contributed by atoms with van der Waals surface area (Å²) < 4.78 is 10.1. The summed E-state index contributed by atoms with van der Waals surface area (Å²) >= 11 is 0. The van der Waals surface area contributed by atoms with Crippen molar-refractivity contribution in [2.24, 2.45) is 5.73 Å². The standard InChI is InChI=1S/C11H12N4O4/c1-18-9(6-12)11-13-10(14-19-11)7-3-2-4-8(5-7)15(16)17/h2-5,9H,6,12H2,1H3. The molecular formula is C11H12N4O4. The molecule has 0 spiro atoms. The molecule has 0 aliphatic carbocycles. The largest absolute Gasteiger partial charge is 0.370 e. The van der Waals surface area contributed by atoms with E-state index in [-0.39, 0.29) is 23.9 Å². The minimum absolute atomic E-state index is 0.0361. The maximum atomic E-state index is 10.7. The maximum absolute atomic E-state index is 10.7. The zero-order valence-corrected chi connectivity index (χ0v) is 10.1. The van der Waals surface area contributed by atoms with E-state index in [1.165, 1.54) is 19.2 Å². The van der Waals surface area contributed by atoms with Crippen LogP contribution in [0.25, 0.3) is 11.4 Å². The molecule has 2 N–H and O–H groups in total. The molecule has 0 amide bonds. The number of benzene rings is 1. The fraction of sp³-hybridized carbons (Fsp3) is 0.273. The fourth-order valence-electron chi connectivity index (χ4n) is 1.54. The van der Waals surface area contributed by atoms with Crippen molar-refractivity contribution < 1.29 is 14.2 Å². The highest BCUT2D eigenvalue weighted by Gasteiger charge is 2.18. The first kappa shape index (κ1) is 13.1. The lowest BCUT2D eigenvalue weighted by molar-refractivity contribution is -0.384. The van der Waals surface area contributed by atoms with Crippen molar-refractivity contribution in [3.8, 4) is 11.4 Å². The van der Waals surface area contributed by atoms with Gasteiger partial charge in [-0.05, 0) is 0 Å². The third-order valence-corrected chi connectivity index (χ3v) is 2.53. The Bertz CT molecular complexity index is 580. The van der Waals surface area contributed by atoms with Gasteiger partial charge >= 0.3 is 0 Å². The van der Waals surface area contributed by atoms with Crippen LogP contribution in [0.3, 0.4) is 0 Å². The number of nitro groups is 1. The Morgan fingerprint density at radius 3 is 3.00 bits per heavy atom. The van der Waals surface area contributed by atoms with Gasteiger partial charge < -0.3 is 15.0 Å². The molecule has 8 nitrogen and oxygen atoms in total. The number of methoxy groups -OCH3 is 1. The summed E-state index contributed by atoms with van der Waals surface area (Å²) in [6, 6.07) is 5.98. The summed E-state index contributed by atoms with van der Waals surface area (Å²) in [6.45, 7) is 0.201. The summed E-state index contributed by atoms with van der Waals surface area (Å²) in [5.41, 5.74) is 5.95. The molecule has 0 saturated carbocycles. The number of non-ortho nitro benzene ring substituents is 1. The van der Waals surface area contributed by atoms with Crippen LogP contribution in [-0.4, -0.2) is 28.7 Å². The average molecular weight is 264 g/mol. The molecule has 2 aromatic rings. The van der Waals surface area contributed by atoms with Gasteiger partial charge in [0.1, 0.15) is 6.10 Å². The van der Waals surface area contributed by atoms with Crippen molar-refractivity contribution in [1.82, 2.24) is 10.1 Å². The normalized spacial score (nSPS) is 12.3. The van der Waals surface area contributed by atoms with Crippen LogP contribution in [0.4, 0.5) is 5.69 Å². The number of hydrogen-bond acceptors (Lipinski definition) is 7. The molecule has 100 valence electrons. The summed E-state index contributed by atoms with van der Waals surface area (Å²) in [7, 11) is 1.48. The van der Waals surface area contributed by atoms with Crippen LogP contribution < -0.4 is 5.73 Å². The van der Waals surface area contributed by atoms with Gasteiger partial charge in [-0.3, -0.25) is 10.1 Å². The van der Waals surface area contributed by atoms with E-state index in [4.69, 9.17) is 15.0 Å². The van der Waals surface area contributed by atoms with Crippen LogP contribution in [0.1, 0.15) is 12.0 Å². The highest BCUT2D eigenvalue weighted by Crippen LogP contribution is 2.23. The zero-order chi connectivity index (χ0) is 13.8. The van der Waals surface area contributed by atoms with E-state index < -0.39 is 11.0 Å². The number of rotatable bonds is 5. The summed E-state index contributed by atoms with van der Waals surface area (Å²) in [4.78, 5) is 14.3. The second kappa shape index (κ2) is 5.55. The average Bonchev–Trinajstić information content (AvgIpc) is 2.90. The monoisotopic (exact) mass is 264 g/mol. The van der Waals surface area contributed by atoms with Gasteiger partial charge in [0.15, 0.2) is 0 Å². The predicted molar refractivity (Wildman–Crippen MR) is 65.2 cm³/mol. The Morgan fingerprint density at radius 1 is 1.58 bits per heavy atom. The van der Waals surface area contributed by atoms with Gasteiger partial charge in [0.2, 0.25) is 5.82 Å². The van der Waals surface area contributed by atoms with Crippen LogP contribution in [0, 0.1) is 10.1 Å². The Labute approximate surface area is 108 Å². The Hall–Kier alpha value is -2.32. The molecule has 1 unspecified atom stereocenters. The van der Waals surface area contributed by atoms with Gasteiger partial charge in [-0.2, -0.15) is 4.98 Å². The van der Waals surface area contributed by atoms with E-state index in [1.54, 1.807) is 12.1 Å². The maximum Gasteiger partial charge on any atom is 0.270 e. The van der Waals surface area contributed by atoms with E-state index in [2.05, 4.69) is 10.1 Å². The van der Waals surface area contributed by atoms with Gasteiger partial charge in [-0.25, -0.2) is 0 Å². The Morgan fingerprint density at radius 2 is 2.37 bits per heavy atom. The van der Waals surface area contributed by atoms with Crippen molar-refractivity contribution >= 4 is 5.69 Å². The van der Waals surface area contributed by atoms with Gasteiger partial charge in [-0.1, -0.05) is 17.3 Å². The zero-order valence-electron chi connectivity index (χ0n) is 10.1. The second-order valence-electron chi connectivity index (χ2n) is 3.72. The van der Waals surface area contributed by atoms with E-state index >= 15 is 0 Å². The lowest BCUT2D eigenvalue weighted by Gasteiger charge is -2.05. The van der Waals surface area contributed by atoms with E-state index in [0.717, 1.165) is 0 Å². The fourth-order valence-corrected chi connectivity index (χ4v) is 1.54. The quantitative estimate of drug-likeness (QED) is 0.638. The molecule has 0 radical (unpaired) electrons. The van der Waals surface area contributed by atoms with Crippen molar-refractivity contribution in [2.75, 3.05) is 13.7 Å². The number of aromatic nitrogens is 2. The minimum Gasteiger partial charge on any atom is -0.370 e. The molecule has 1 atom stereocenters. The highest BCUT2D eigenvalue weighted by atomic mass is 16.6. The topological polar surface area (TPSA) is 117 Å². The SMILES string of the molecule is COC(CN)c1nc(-c2cccc([N+](=O)[O-])c2)no1. The Balaban J connectivity index is 2.32. The van der Waals surface area contributed by atoms with Crippen molar-refractivity contribution in [3.63, 3.8) is 0 Å².